The summed E-state index contributed by atoms with van der Waals surface area (Å²) in [6.45, 7) is 3.35. The van der Waals surface area contributed by atoms with E-state index in [9.17, 15) is 5.11 Å². The van der Waals surface area contributed by atoms with Gasteiger partial charge in [0, 0.05) is 17.8 Å². The Labute approximate surface area is 230 Å². The number of hydrogen-bond donors (Lipinski definition) is 2. The van der Waals surface area contributed by atoms with E-state index in [1.54, 1.807) is 12.7 Å². The second-order valence-corrected chi connectivity index (χ2v) is 10.6. The quantitative estimate of drug-likeness (QED) is 0.563. The fraction of sp³-hybridized carbons (Fsp3) is 0.467. The van der Waals surface area contributed by atoms with E-state index in [-0.39, 0.29) is 41.0 Å². The second kappa shape index (κ2) is 13.0. The first-order valence-corrected chi connectivity index (χ1v) is 12.7. The van der Waals surface area contributed by atoms with Crippen LogP contribution >= 0.6 is 0 Å². The Morgan fingerprint density at radius 1 is 1.03 bits per heavy atom. The summed E-state index contributed by atoms with van der Waals surface area (Å²) in [6.07, 6.45) is 24.3. The van der Waals surface area contributed by atoms with Crippen molar-refractivity contribution in [2.24, 2.45) is 17.3 Å². The van der Waals surface area contributed by atoms with Gasteiger partial charge in [0.2, 0.25) is 0 Å². The first kappa shape index (κ1) is 29.3. The number of halogens is 1. The fourth-order valence-electron chi connectivity index (χ4n) is 7.14. The average Bonchev–Trinajstić information content (AvgIpc) is 3.62. The molecule has 6 rings (SSSR count). The molecule has 3 nitrogen and oxygen atoms in total. The van der Waals surface area contributed by atoms with Crippen LogP contribution in [0.15, 0.2) is 18.2 Å². The number of benzene rings is 1. The number of fused-ring (bicyclic) bond motifs is 5. The Morgan fingerprint density at radius 3 is 2.37 bits per heavy atom. The molecule has 4 saturated carbocycles. The number of rotatable bonds is 4. The molecule has 35 heavy (non-hydrogen) atoms. The summed E-state index contributed by atoms with van der Waals surface area (Å²) in [4.78, 5) is 0. The smallest absolute Gasteiger partial charge is 1.00 e. The van der Waals surface area contributed by atoms with Crippen molar-refractivity contribution in [1.29, 1.82) is 0 Å². The van der Waals surface area contributed by atoms with Crippen LogP contribution in [0.25, 0.3) is 0 Å². The normalized spacial score (nSPS) is 35.5. The summed E-state index contributed by atoms with van der Waals surface area (Å²) < 4.78 is 5.45. The molecule has 0 saturated heterocycles. The molecule has 0 amide bonds. The second-order valence-electron chi connectivity index (χ2n) is 10.6. The van der Waals surface area contributed by atoms with Crippen molar-refractivity contribution < 1.29 is 44.6 Å². The van der Waals surface area contributed by atoms with Gasteiger partial charge in [0.05, 0.1) is 13.7 Å². The van der Waals surface area contributed by atoms with Crippen LogP contribution in [0.1, 0.15) is 49.7 Å². The minimum Gasteiger partial charge on any atom is -1.00 e. The summed E-state index contributed by atoms with van der Waals surface area (Å²) in [5.74, 6) is 4.36. The van der Waals surface area contributed by atoms with Crippen LogP contribution in [0.4, 0.5) is 0 Å². The third-order valence-electron chi connectivity index (χ3n) is 8.92. The van der Waals surface area contributed by atoms with Gasteiger partial charge in [0.1, 0.15) is 17.9 Å². The van der Waals surface area contributed by atoms with Crippen molar-refractivity contribution in [1.82, 2.24) is 0 Å². The van der Waals surface area contributed by atoms with Crippen molar-refractivity contribution in [2.45, 2.75) is 57.1 Å². The van der Waals surface area contributed by atoms with Crippen molar-refractivity contribution in [3.8, 4) is 5.75 Å². The number of aliphatic hydroxyl groups excluding tert-OH is 1. The van der Waals surface area contributed by atoms with Crippen LogP contribution < -0.4 is 22.5 Å². The number of hydrogen-bond acceptors (Lipinski definition) is 2. The van der Waals surface area contributed by atoms with E-state index in [0.717, 1.165) is 31.6 Å². The van der Waals surface area contributed by atoms with Gasteiger partial charge in [0.25, 0.3) is 0 Å². The molecular weight excluding hydrogens is 498 g/mol. The SMILES string of the molecule is COc1ccc2c(c1)CC[C@@H]1[C@@H]2CC[C@]2(C)[C@H](O)[C@@H]([NH2+]C[C]3[CH][CH][CH][CH]3)C[C@@H]12.[CH]1[CH][CH][CH][CH]1.[Cl-].[Fe+2]. The molecule has 5 heteroatoms. The summed E-state index contributed by atoms with van der Waals surface area (Å²) in [6, 6.07) is 7.03. The van der Waals surface area contributed by atoms with Crippen LogP contribution in [0.5, 0.6) is 5.75 Å². The van der Waals surface area contributed by atoms with Gasteiger partial charge >= 0.3 is 17.1 Å². The molecule has 188 valence electrons. The zero-order valence-corrected chi connectivity index (χ0v) is 22.6. The van der Waals surface area contributed by atoms with E-state index in [2.05, 4.69) is 56.1 Å². The summed E-state index contributed by atoms with van der Waals surface area (Å²) >= 11 is 0. The molecule has 0 unspecified atom stereocenters. The van der Waals surface area contributed by atoms with Gasteiger partial charge in [-0.25, -0.2) is 0 Å². The van der Waals surface area contributed by atoms with Gasteiger partial charge in [-0.15, -0.1) is 0 Å². The third kappa shape index (κ3) is 6.09. The number of ether oxygens (including phenoxy) is 1. The molecule has 0 spiro atoms. The Morgan fingerprint density at radius 2 is 1.71 bits per heavy atom. The molecular formula is C30H38ClFeNO2+2. The van der Waals surface area contributed by atoms with E-state index in [0.29, 0.717) is 23.8 Å². The standard InChI is InChI=1S/C25H32NO2.C5H5.ClH.Fe/c1-25-12-11-20-19-10-8-18(28-2)13-17(19)7-9-21(20)22(25)14-23(24(25)27)26-15-16-5-3-4-6-16;1-2-4-5-3-1;;/h3-6,8,10,13,20-24,26-27H,7,9,11-12,14-15H2,1-2H3;1-5H;1H;/q;;;+2/t20-,21-,22+,23+,24-,25+;;;/m1.../s1. The van der Waals surface area contributed by atoms with Crippen molar-refractivity contribution in [2.75, 3.05) is 13.7 Å². The molecule has 3 N–H and O–H groups in total. The molecule has 6 atom stereocenters. The van der Waals surface area contributed by atoms with Gasteiger partial charge in [0.15, 0.2) is 0 Å². The van der Waals surface area contributed by atoms with Crippen molar-refractivity contribution in [3.05, 3.63) is 93.0 Å². The predicted molar refractivity (Wildman–Crippen MR) is 132 cm³/mol. The number of quaternary nitrogens is 1. The van der Waals surface area contributed by atoms with Gasteiger partial charge in [-0.05, 0) is 124 Å². The molecule has 5 aliphatic carbocycles. The third-order valence-corrected chi connectivity index (χ3v) is 8.92. The minimum atomic E-state index is -0.189. The summed E-state index contributed by atoms with van der Waals surface area (Å²) in [5, 5.41) is 13.7. The molecule has 10 radical (unpaired) electrons. The molecule has 1 aromatic carbocycles. The van der Waals surface area contributed by atoms with Crippen molar-refractivity contribution >= 4 is 0 Å². The first-order valence-electron chi connectivity index (χ1n) is 12.7. The zero-order valence-electron chi connectivity index (χ0n) is 20.7. The summed E-state index contributed by atoms with van der Waals surface area (Å²) in [5.41, 5.74) is 3.12. The molecule has 0 heterocycles. The number of aryl methyl sites for hydroxylation is 1. The molecule has 0 aromatic heterocycles. The molecule has 1 aromatic rings. The number of aliphatic hydroxyl groups is 1. The fourth-order valence-corrected chi connectivity index (χ4v) is 7.14. The molecule has 4 fully saturated rings. The largest absolute Gasteiger partial charge is 2.00 e. The van der Waals surface area contributed by atoms with Gasteiger partial charge in [-0.3, -0.25) is 0 Å². The van der Waals surface area contributed by atoms with Crippen molar-refractivity contribution in [3.63, 3.8) is 0 Å². The molecule has 0 bridgehead atoms. The maximum atomic E-state index is 11.3. The number of methoxy groups -OCH3 is 1. The Balaban J connectivity index is 0.000000438. The van der Waals surface area contributed by atoms with Crippen LogP contribution in [0, 0.1) is 81.0 Å². The van der Waals surface area contributed by atoms with Gasteiger partial charge < -0.3 is 27.6 Å². The Kier molecular flexibility index (Phi) is 10.9. The van der Waals surface area contributed by atoms with E-state index < -0.39 is 0 Å². The van der Waals surface area contributed by atoms with E-state index in [1.807, 2.05) is 32.1 Å². The summed E-state index contributed by atoms with van der Waals surface area (Å²) in [7, 11) is 1.76. The van der Waals surface area contributed by atoms with E-state index >= 15 is 0 Å². The molecule has 5 aliphatic rings. The topological polar surface area (TPSA) is 46.1 Å². The van der Waals surface area contributed by atoms with E-state index in [4.69, 9.17) is 4.74 Å². The average molecular weight is 536 g/mol. The maximum Gasteiger partial charge on any atom is 2.00 e. The van der Waals surface area contributed by atoms with Crippen LogP contribution in [-0.4, -0.2) is 30.9 Å². The minimum absolute atomic E-state index is 0. The Hall–Kier alpha value is -0.251. The zero-order chi connectivity index (χ0) is 22.8. The molecule has 0 aliphatic heterocycles. The Bertz CT molecular complexity index is 789. The maximum absolute atomic E-state index is 11.3. The monoisotopic (exact) mass is 535 g/mol. The van der Waals surface area contributed by atoms with E-state index in [1.165, 1.54) is 24.3 Å². The predicted octanol–water partition coefficient (Wildman–Crippen LogP) is 0.882. The van der Waals surface area contributed by atoms with Crippen LogP contribution in [0.3, 0.4) is 0 Å². The van der Waals surface area contributed by atoms with Gasteiger partial charge in [-0.1, -0.05) is 13.0 Å². The van der Waals surface area contributed by atoms with Crippen LogP contribution in [0.2, 0.25) is 0 Å². The number of nitrogens with two attached hydrogens (primary N) is 1. The van der Waals surface area contributed by atoms with Gasteiger partial charge in [-0.2, -0.15) is 0 Å². The first-order chi connectivity index (χ1) is 16.1. The van der Waals surface area contributed by atoms with Crippen LogP contribution in [-0.2, 0) is 23.5 Å².